The molecule has 8 rings (SSSR count). The predicted molar refractivity (Wildman–Crippen MR) is 153 cm³/mol. The van der Waals surface area contributed by atoms with E-state index >= 15 is 0 Å². The van der Waals surface area contributed by atoms with Crippen LogP contribution < -0.4 is 5.32 Å². The number of carbonyl (C=O) groups is 2. The first-order valence-corrected chi connectivity index (χ1v) is 14.5. The summed E-state index contributed by atoms with van der Waals surface area (Å²) < 4.78 is 0. The maximum Gasteiger partial charge on any atom is 0.250 e. The Kier molecular flexibility index (Phi) is 5.23. The van der Waals surface area contributed by atoms with Gasteiger partial charge in [0.05, 0.1) is 17.0 Å². The SMILES string of the molecule is O=C(c1nc2ccccc2[nH]1)C1C(c2ccccc2O)C2CC3CCCC[C@H]3N2[C@@]12C(=O)Nc1cc(Cl)ccc12. The smallest absolute Gasteiger partial charge is 0.250 e. The number of phenolic OH excluding ortho intramolecular Hbond substituents is 1. The number of aromatic amines is 1. The van der Waals surface area contributed by atoms with E-state index in [9.17, 15) is 14.7 Å². The number of amides is 1. The fourth-order valence-electron chi connectivity index (χ4n) is 8.57. The lowest BCUT2D eigenvalue weighted by Gasteiger charge is -2.42. The number of nitrogens with one attached hydrogen (secondary N) is 2. The number of aromatic hydroxyl groups is 1. The molecule has 3 N–H and O–H groups in total. The lowest BCUT2D eigenvalue weighted by atomic mass is 9.68. The Hall–Kier alpha value is -3.68. The number of fused-ring (bicyclic) bond motifs is 7. The number of rotatable bonds is 3. The number of Topliss-reactive ketones (excluding diaryl/α,β-unsaturated/α-hetero) is 1. The average molecular weight is 553 g/mol. The summed E-state index contributed by atoms with van der Waals surface area (Å²) in [7, 11) is 0. The van der Waals surface area contributed by atoms with Crippen molar-refractivity contribution in [3.8, 4) is 5.75 Å². The molecule has 1 amide bonds. The second-order valence-corrected chi connectivity index (χ2v) is 12.2. The van der Waals surface area contributed by atoms with Crippen molar-refractivity contribution >= 4 is 40.0 Å². The lowest BCUT2D eigenvalue weighted by molar-refractivity contribution is -0.129. The highest BCUT2D eigenvalue weighted by molar-refractivity contribution is 6.31. The maximum absolute atomic E-state index is 14.9. The summed E-state index contributed by atoms with van der Waals surface area (Å²) in [5, 5.41) is 14.8. The van der Waals surface area contributed by atoms with Crippen LogP contribution >= 0.6 is 11.6 Å². The van der Waals surface area contributed by atoms with Crippen molar-refractivity contribution in [2.24, 2.45) is 11.8 Å². The number of ketones is 1. The normalized spacial score (nSPS) is 30.8. The van der Waals surface area contributed by atoms with Crippen LogP contribution in [0.3, 0.4) is 0 Å². The number of benzene rings is 3. The van der Waals surface area contributed by atoms with Crippen LogP contribution in [-0.2, 0) is 10.3 Å². The first kappa shape index (κ1) is 24.1. The summed E-state index contributed by atoms with van der Waals surface area (Å²) >= 11 is 6.39. The van der Waals surface area contributed by atoms with Gasteiger partial charge in [-0.1, -0.05) is 60.8 Å². The van der Waals surface area contributed by atoms with Gasteiger partial charge in [-0.2, -0.15) is 0 Å². The minimum Gasteiger partial charge on any atom is -0.508 e. The van der Waals surface area contributed by atoms with Crippen LogP contribution in [0.2, 0.25) is 5.02 Å². The molecule has 3 aliphatic heterocycles. The number of para-hydroxylation sites is 3. The molecule has 6 atom stereocenters. The molecule has 202 valence electrons. The molecular formula is C32H29ClN4O3. The van der Waals surface area contributed by atoms with Crippen molar-refractivity contribution in [3.05, 3.63) is 88.7 Å². The number of phenols is 1. The molecular weight excluding hydrogens is 524 g/mol. The molecule has 4 heterocycles. The van der Waals surface area contributed by atoms with Gasteiger partial charge in [0.25, 0.3) is 0 Å². The quantitative estimate of drug-likeness (QED) is 0.271. The highest BCUT2D eigenvalue weighted by atomic mass is 35.5. The first-order valence-electron chi connectivity index (χ1n) is 14.1. The average Bonchev–Trinajstić information content (AvgIpc) is 3.69. The van der Waals surface area contributed by atoms with E-state index in [4.69, 9.17) is 16.6 Å². The summed E-state index contributed by atoms with van der Waals surface area (Å²) in [5.74, 6) is -0.802. The van der Waals surface area contributed by atoms with Crippen molar-refractivity contribution in [3.63, 3.8) is 0 Å². The summed E-state index contributed by atoms with van der Waals surface area (Å²) in [6.07, 6.45) is 5.25. The van der Waals surface area contributed by atoms with Crippen LogP contribution in [0.4, 0.5) is 5.69 Å². The van der Waals surface area contributed by atoms with Gasteiger partial charge in [0.2, 0.25) is 11.7 Å². The van der Waals surface area contributed by atoms with E-state index in [0.29, 0.717) is 27.7 Å². The predicted octanol–water partition coefficient (Wildman–Crippen LogP) is 6.00. The zero-order chi connectivity index (χ0) is 27.2. The Morgan fingerprint density at radius 2 is 1.82 bits per heavy atom. The van der Waals surface area contributed by atoms with Crippen LogP contribution in [0.5, 0.6) is 5.75 Å². The molecule has 4 aromatic rings. The molecule has 0 radical (unpaired) electrons. The zero-order valence-corrected chi connectivity index (χ0v) is 22.6. The van der Waals surface area contributed by atoms with Crippen molar-refractivity contribution in [1.82, 2.24) is 14.9 Å². The standard InChI is InChI=1S/C32H29ClN4O3/c33-18-13-14-20-23(16-18)36-31(40)32(20)28(29(39)30-34-21-9-3-4-10-22(21)35-30)27(19-8-2-6-12-26(19)38)25-15-17-7-1-5-11-24(17)37(25)32/h2-4,6,8-10,12-14,16-17,24-25,27-28,38H,1,5,7,11,15H2,(H,34,35)(H,36,40)/t17?,24-,25?,27?,28?,32-/m1/s1. The highest BCUT2D eigenvalue weighted by Gasteiger charge is 2.72. The minimum absolute atomic E-state index is 0.0906. The largest absolute Gasteiger partial charge is 0.508 e. The van der Waals surface area contributed by atoms with Gasteiger partial charge in [0, 0.05) is 34.3 Å². The summed E-state index contributed by atoms with van der Waals surface area (Å²) in [4.78, 5) is 39.7. The van der Waals surface area contributed by atoms with E-state index in [0.717, 1.165) is 36.8 Å². The molecule has 1 aliphatic carbocycles. The van der Waals surface area contributed by atoms with Crippen LogP contribution in [-0.4, -0.2) is 43.7 Å². The molecule has 40 heavy (non-hydrogen) atoms. The van der Waals surface area contributed by atoms with Gasteiger partial charge < -0.3 is 15.4 Å². The number of hydrogen-bond donors (Lipinski definition) is 3. The molecule has 8 heteroatoms. The summed E-state index contributed by atoms with van der Waals surface area (Å²) in [6, 6.07) is 20.4. The first-order chi connectivity index (χ1) is 19.5. The lowest BCUT2D eigenvalue weighted by Crippen LogP contribution is -2.56. The molecule has 2 saturated heterocycles. The third kappa shape index (κ3) is 3.13. The minimum atomic E-state index is -1.25. The summed E-state index contributed by atoms with van der Waals surface area (Å²) in [5.41, 5.74) is 2.37. The fourth-order valence-corrected chi connectivity index (χ4v) is 8.74. The molecule has 4 unspecified atom stereocenters. The third-order valence-corrected chi connectivity index (χ3v) is 10.2. The van der Waals surface area contributed by atoms with E-state index in [1.165, 1.54) is 6.42 Å². The number of nitrogens with zero attached hydrogens (tertiary/aromatic N) is 2. The fraction of sp³-hybridized carbons (Fsp3) is 0.344. The number of aromatic nitrogens is 2. The van der Waals surface area contributed by atoms with Gasteiger partial charge in [-0.25, -0.2) is 4.98 Å². The van der Waals surface area contributed by atoms with Crippen LogP contribution in [0.1, 0.15) is 59.8 Å². The third-order valence-electron chi connectivity index (χ3n) is 9.95. The van der Waals surface area contributed by atoms with E-state index in [-0.39, 0.29) is 35.3 Å². The molecule has 4 aliphatic rings. The van der Waals surface area contributed by atoms with Gasteiger partial charge in [-0.05, 0) is 61.1 Å². The molecule has 3 fully saturated rings. The van der Waals surface area contributed by atoms with Gasteiger partial charge in [-0.15, -0.1) is 0 Å². The van der Waals surface area contributed by atoms with Crippen molar-refractivity contribution < 1.29 is 14.7 Å². The van der Waals surface area contributed by atoms with Crippen molar-refractivity contribution in [2.75, 3.05) is 5.32 Å². The number of imidazole rings is 1. The Labute approximate surface area is 236 Å². The number of halogens is 1. The van der Waals surface area contributed by atoms with E-state index in [1.54, 1.807) is 18.2 Å². The zero-order valence-electron chi connectivity index (χ0n) is 21.8. The number of hydrogen-bond acceptors (Lipinski definition) is 5. The van der Waals surface area contributed by atoms with Gasteiger partial charge in [0.1, 0.15) is 11.3 Å². The van der Waals surface area contributed by atoms with Crippen LogP contribution in [0.15, 0.2) is 66.7 Å². The number of carbonyl (C=O) groups excluding carboxylic acids is 2. The van der Waals surface area contributed by atoms with Crippen molar-refractivity contribution in [2.45, 2.75) is 55.6 Å². The molecule has 7 nitrogen and oxygen atoms in total. The molecule has 3 aromatic carbocycles. The Morgan fingerprint density at radius 3 is 2.67 bits per heavy atom. The molecule has 1 aromatic heterocycles. The number of anilines is 1. The summed E-state index contributed by atoms with van der Waals surface area (Å²) in [6.45, 7) is 0. The van der Waals surface area contributed by atoms with Gasteiger partial charge >= 0.3 is 0 Å². The Morgan fingerprint density at radius 1 is 1.02 bits per heavy atom. The van der Waals surface area contributed by atoms with Gasteiger partial charge in [-0.3, -0.25) is 14.5 Å². The second kappa shape index (κ2) is 8.66. The highest BCUT2D eigenvalue weighted by Crippen LogP contribution is 2.65. The Bertz CT molecular complexity index is 1670. The molecule has 1 spiro atoms. The van der Waals surface area contributed by atoms with E-state index in [1.807, 2.05) is 48.5 Å². The molecule has 0 bridgehead atoms. The van der Waals surface area contributed by atoms with Crippen LogP contribution in [0, 0.1) is 11.8 Å². The molecule has 1 saturated carbocycles. The maximum atomic E-state index is 14.9. The van der Waals surface area contributed by atoms with Crippen LogP contribution in [0.25, 0.3) is 11.0 Å². The Balaban J connectivity index is 1.41. The second-order valence-electron chi connectivity index (χ2n) is 11.8. The topological polar surface area (TPSA) is 98.3 Å². The van der Waals surface area contributed by atoms with E-state index < -0.39 is 17.4 Å². The number of H-pyrrole nitrogens is 1. The van der Waals surface area contributed by atoms with Crippen molar-refractivity contribution in [1.29, 1.82) is 0 Å². The van der Waals surface area contributed by atoms with Gasteiger partial charge in [0.15, 0.2) is 5.82 Å². The monoisotopic (exact) mass is 552 g/mol. The van der Waals surface area contributed by atoms with E-state index in [2.05, 4.69) is 15.2 Å².